The number of hydrogen-bond acceptors (Lipinski definition) is 1. The van der Waals surface area contributed by atoms with Gasteiger partial charge < -0.3 is 4.42 Å². The van der Waals surface area contributed by atoms with Crippen LogP contribution in [-0.4, -0.2) is 0 Å². The van der Waals surface area contributed by atoms with Crippen LogP contribution in [0, 0.1) is 0 Å². The van der Waals surface area contributed by atoms with E-state index in [9.17, 15) is 0 Å². The van der Waals surface area contributed by atoms with Gasteiger partial charge in [0.05, 0.1) is 0 Å². The number of hydrogen-bond donors (Lipinski definition) is 0. The lowest BCUT2D eigenvalue weighted by Crippen LogP contribution is -2.15. The highest BCUT2D eigenvalue weighted by Crippen LogP contribution is 2.56. The Balaban J connectivity index is 1.37. The third kappa shape index (κ3) is 3.35. The number of benzene rings is 8. The summed E-state index contributed by atoms with van der Waals surface area (Å²) in [4.78, 5) is 0. The van der Waals surface area contributed by atoms with Gasteiger partial charge in [-0.05, 0) is 101 Å². The molecule has 0 bridgehead atoms. The summed E-state index contributed by atoms with van der Waals surface area (Å²) in [6.45, 7) is 4.76. The molecule has 10 rings (SSSR count). The van der Waals surface area contributed by atoms with Gasteiger partial charge in [0.15, 0.2) is 0 Å². The van der Waals surface area contributed by atoms with Crippen LogP contribution >= 0.6 is 0 Å². The van der Waals surface area contributed by atoms with Crippen LogP contribution in [0.5, 0.6) is 0 Å². The van der Waals surface area contributed by atoms with Crippen LogP contribution in [-0.2, 0) is 5.41 Å². The molecule has 0 atom stereocenters. The summed E-state index contributed by atoms with van der Waals surface area (Å²) in [6.07, 6.45) is 0. The SMILES string of the molecule is CC1(C)c2ccccc2-c2c1cc1ccccc1c2-c1c2ccccc2c(-c2ccc3c(c2)oc2ccccc23)c2ccccc12. The van der Waals surface area contributed by atoms with E-state index in [-0.39, 0.29) is 5.41 Å². The molecule has 8 aromatic carbocycles. The molecule has 0 amide bonds. The van der Waals surface area contributed by atoms with E-state index in [4.69, 9.17) is 4.42 Å². The minimum atomic E-state index is -0.0990. The zero-order valence-corrected chi connectivity index (χ0v) is 25.8. The predicted molar refractivity (Wildman–Crippen MR) is 195 cm³/mol. The molecule has 0 spiro atoms. The molecule has 1 aliphatic carbocycles. The van der Waals surface area contributed by atoms with E-state index in [0.29, 0.717) is 0 Å². The summed E-state index contributed by atoms with van der Waals surface area (Å²) in [5, 5.41) is 9.91. The molecule has 0 saturated carbocycles. The normalized spacial score (nSPS) is 13.6. The molecular weight excluding hydrogens is 556 g/mol. The molecule has 1 aliphatic rings. The van der Waals surface area contributed by atoms with E-state index >= 15 is 0 Å². The first kappa shape index (κ1) is 25.6. The van der Waals surface area contributed by atoms with Gasteiger partial charge in [0.1, 0.15) is 11.2 Å². The molecular formula is C45H30O. The van der Waals surface area contributed by atoms with Gasteiger partial charge in [-0.2, -0.15) is 0 Å². The Kier molecular flexibility index (Phi) is 5.12. The van der Waals surface area contributed by atoms with Crippen LogP contribution in [0.1, 0.15) is 25.0 Å². The molecule has 1 heterocycles. The number of rotatable bonds is 2. The van der Waals surface area contributed by atoms with Gasteiger partial charge in [-0.3, -0.25) is 0 Å². The van der Waals surface area contributed by atoms with Gasteiger partial charge in [0.2, 0.25) is 0 Å². The first-order valence-corrected chi connectivity index (χ1v) is 16.1. The standard InChI is InChI=1S/C45H30O/c1-45(2)37-21-11-9-20-36(37)43-38(45)25-27-13-3-4-14-29(27)44(43)42-34-18-7-5-16-32(34)41(33-17-6-8-19-35(33)42)28-23-24-31-30-15-10-12-22-39(30)46-40(31)26-28/h3-26H,1-2H3. The van der Waals surface area contributed by atoms with Crippen molar-refractivity contribution in [2.75, 3.05) is 0 Å². The lowest BCUT2D eigenvalue weighted by Gasteiger charge is -2.24. The van der Waals surface area contributed by atoms with Crippen LogP contribution < -0.4 is 0 Å². The van der Waals surface area contributed by atoms with Crippen LogP contribution in [0.4, 0.5) is 0 Å². The maximum Gasteiger partial charge on any atom is 0.136 e. The van der Waals surface area contributed by atoms with Gasteiger partial charge in [0.25, 0.3) is 0 Å². The summed E-state index contributed by atoms with van der Waals surface area (Å²) in [6, 6.07) is 53.4. The van der Waals surface area contributed by atoms with E-state index < -0.39 is 0 Å². The monoisotopic (exact) mass is 586 g/mol. The molecule has 46 heavy (non-hydrogen) atoms. The minimum absolute atomic E-state index is 0.0990. The molecule has 216 valence electrons. The second kappa shape index (κ2) is 9.19. The average molecular weight is 587 g/mol. The molecule has 0 unspecified atom stereocenters. The Bertz CT molecular complexity index is 2660. The van der Waals surface area contributed by atoms with E-state index in [1.165, 1.54) is 76.8 Å². The Morgan fingerprint density at radius 3 is 1.70 bits per heavy atom. The molecule has 0 fully saturated rings. The number of furan rings is 1. The van der Waals surface area contributed by atoms with Crippen LogP contribution in [0.25, 0.3) is 87.6 Å². The smallest absolute Gasteiger partial charge is 0.136 e. The molecule has 9 aromatic rings. The molecule has 1 aromatic heterocycles. The second-order valence-electron chi connectivity index (χ2n) is 13.2. The Morgan fingerprint density at radius 2 is 0.957 bits per heavy atom. The zero-order chi connectivity index (χ0) is 30.6. The largest absolute Gasteiger partial charge is 0.456 e. The van der Waals surface area contributed by atoms with E-state index in [1.54, 1.807) is 0 Å². The molecule has 0 aliphatic heterocycles. The van der Waals surface area contributed by atoms with Gasteiger partial charge >= 0.3 is 0 Å². The highest BCUT2D eigenvalue weighted by Gasteiger charge is 2.38. The summed E-state index contributed by atoms with van der Waals surface area (Å²) in [5.74, 6) is 0. The van der Waals surface area contributed by atoms with Crippen LogP contribution in [0.3, 0.4) is 0 Å². The summed E-state index contributed by atoms with van der Waals surface area (Å²) >= 11 is 0. The topological polar surface area (TPSA) is 13.1 Å². The second-order valence-corrected chi connectivity index (χ2v) is 13.2. The predicted octanol–water partition coefficient (Wildman–Crippen LogP) is 12.7. The Morgan fingerprint density at radius 1 is 0.391 bits per heavy atom. The van der Waals surface area contributed by atoms with Crippen molar-refractivity contribution in [3.05, 3.63) is 157 Å². The van der Waals surface area contributed by atoms with Crippen molar-refractivity contribution in [2.45, 2.75) is 19.3 Å². The lowest BCUT2D eigenvalue weighted by atomic mass is 9.79. The van der Waals surface area contributed by atoms with Gasteiger partial charge in [-0.25, -0.2) is 0 Å². The van der Waals surface area contributed by atoms with Crippen LogP contribution in [0.15, 0.2) is 150 Å². The first-order chi connectivity index (χ1) is 22.6. The highest BCUT2D eigenvalue weighted by molar-refractivity contribution is 6.26. The summed E-state index contributed by atoms with van der Waals surface area (Å²) in [5.41, 5.74) is 12.3. The fraction of sp³-hybridized carbons (Fsp3) is 0.0667. The summed E-state index contributed by atoms with van der Waals surface area (Å²) in [7, 11) is 0. The van der Waals surface area contributed by atoms with Crippen molar-refractivity contribution in [3.63, 3.8) is 0 Å². The molecule has 0 radical (unpaired) electrons. The lowest BCUT2D eigenvalue weighted by molar-refractivity contribution is 0.661. The van der Waals surface area contributed by atoms with Crippen LogP contribution in [0.2, 0.25) is 0 Å². The minimum Gasteiger partial charge on any atom is -0.456 e. The summed E-state index contributed by atoms with van der Waals surface area (Å²) < 4.78 is 6.38. The van der Waals surface area contributed by atoms with Gasteiger partial charge in [0, 0.05) is 16.2 Å². The Labute approximate surface area is 267 Å². The maximum atomic E-state index is 6.38. The van der Waals surface area contributed by atoms with Gasteiger partial charge in [-0.15, -0.1) is 0 Å². The maximum absolute atomic E-state index is 6.38. The fourth-order valence-electron chi connectivity index (χ4n) is 8.36. The van der Waals surface area contributed by atoms with Crippen molar-refractivity contribution >= 4 is 54.3 Å². The average Bonchev–Trinajstić information content (AvgIpc) is 3.58. The Hall–Kier alpha value is -5.66. The van der Waals surface area contributed by atoms with Crippen molar-refractivity contribution in [3.8, 4) is 33.4 Å². The number of fused-ring (bicyclic) bond motifs is 9. The van der Waals surface area contributed by atoms with E-state index in [0.717, 1.165) is 21.9 Å². The molecule has 1 heteroatoms. The van der Waals surface area contributed by atoms with Crippen molar-refractivity contribution in [2.24, 2.45) is 0 Å². The molecule has 0 N–H and O–H groups in total. The molecule has 1 nitrogen and oxygen atoms in total. The van der Waals surface area contributed by atoms with Gasteiger partial charge in [-0.1, -0.05) is 135 Å². The van der Waals surface area contributed by atoms with E-state index in [1.807, 2.05) is 6.07 Å². The fourth-order valence-corrected chi connectivity index (χ4v) is 8.36. The third-order valence-corrected chi connectivity index (χ3v) is 10.4. The van der Waals surface area contributed by atoms with Crippen molar-refractivity contribution in [1.29, 1.82) is 0 Å². The van der Waals surface area contributed by atoms with Crippen molar-refractivity contribution in [1.82, 2.24) is 0 Å². The number of para-hydroxylation sites is 1. The highest BCUT2D eigenvalue weighted by atomic mass is 16.3. The molecule has 0 saturated heterocycles. The first-order valence-electron chi connectivity index (χ1n) is 16.1. The van der Waals surface area contributed by atoms with Crippen molar-refractivity contribution < 1.29 is 4.42 Å². The quantitative estimate of drug-likeness (QED) is 0.184. The third-order valence-electron chi connectivity index (χ3n) is 10.4. The van der Waals surface area contributed by atoms with E-state index in [2.05, 4.69) is 153 Å². The zero-order valence-electron chi connectivity index (χ0n) is 25.8.